The lowest BCUT2D eigenvalue weighted by atomic mass is 9.70. The Morgan fingerprint density at radius 1 is 1.02 bits per heavy atom. The van der Waals surface area contributed by atoms with E-state index >= 15 is 0 Å². The van der Waals surface area contributed by atoms with Crippen molar-refractivity contribution in [1.29, 1.82) is 0 Å². The van der Waals surface area contributed by atoms with Gasteiger partial charge in [0.05, 0.1) is 32.8 Å². The molecule has 3 aromatic rings. The number of fused-ring (bicyclic) bond motifs is 4. The molecule has 42 heavy (non-hydrogen) atoms. The van der Waals surface area contributed by atoms with Crippen LogP contribution in [0.2, 0.25) is 0 Å². The van der Waals surface area contributed by atoms with Crippen LogP contribution in [0.15, 0.2) is 55.3 Å². The monoisotopic (exact) mass is 636 g/mol. The number of rotatable bonds is 7. The molecule has 5 atom stereocenters. The molecule has 0 spiro atoms. The van der Waals surface area contributed by atoms with Crippen LogP contribution in [0.25, 0.3) is 10.9 Å². The Kier molecular flexibility index (Phi) is 9.24. The van der Waals surface area contributed by atoms with E-state index < -0.39 is 6.10 Å². The SMILES string of the molecule is C=C[C@H]1C[N@+]2(Cc3cc(C(C)(C)C)c(OC)c(C(C)(C)C)c3)CC[C@H]1C[C@H]2[C@H](O)c1ccnc2ccc(OC)cc12.[Br-]. The molecule has 2 bridgehead atoms. The average molecular weight is 638 g/mol. The largest absolute Gasteiger partial charge is 1.00 e. The molecule has 0 radical (unpaired) electrons. The van der Waals surface area contributed by atoms with Crippen molar-refractivity contribution in [3.8, 4) is 11.5 Å². The second kappa shape index (κ2) is 11.9. The highest BCUT2D eigenvalue weighted by atomic mass is 79.9. The second-order valence-corrected chi connectivity index (χ2v) is 14.5. The van der Waals surface area contributed by atoms with Crippen LogP contribution in [0.3, 0.4) is 0 Å². The number of ether oxygens (including phenoxy) is 2. The molecule has 1 N–H and O–H groups in total. The van der Waals surface area contributed by atoms with Crippen molar-refractivity contribution < 1.29 is 36.0 Å². The Balaban J connectivity index is 0.00000405. The standard InChI is InChI=1S/C36H49N2O3.BrH/c1-10-24-22-38(21-23-17-29(35(2,3)4)34(41-9)30(18-23)36(5,6)7)16-14-25(24)19-32(38)33(39)27-13-15-37-31-12-11-26(40-8)20-28(27)31;/h10-13,15,17-18,20,24-25,32-33,39H,1,14,16,19,21-22H2,2-9H3;1H/q+1;/p-1/t24-,25-,32-,33+,38+;/m0./s1. The van der Waals surface area contributed by atoms with E-state index in [0.717, 1.165) is 58.5 Å². The number of methoxy groups -OCH3 is 2. The van der Waals surface area contributed by atoms with Gasteiger partial charge in [-0.1, -0.05) is 47.6 Å². The van der Waals surface area contributed by atoms with Crippen molar-refractivity contribution in [3.05, 3.63) is 77.5 Å². The summed E-state index contributed by atoms with van der Waals surface area (Å²) in [5, 5.41) is 13.2. The van der Waals surface area contributed by atoms with Crippen LogP contribution in [-0.2, 0) is 17.4 Å². The fourth-order valence-electron chi connectivity index (χ4n) is 7.60. The third-order valence-corrected chi connectivity index (χ3v) is 9.81. The molecule has 228 valence electrons. The normalized spacial score (nSPS) is 24.6. The van der Waals surface area contributed by atoms with Gasteiger partial charge >= 0.3 is 0 Å². The summed E-state index contributed by atoms with van der Waals surface area (Å²) in [5.74, 6) is 2.80. The summed E-state index contributed by atoms with van der Waals surface area (Å²) in [6, 6.07) is 12.8. The van der Waals surface area contributed by atoms with Gasteiger partial charge in [0.2, 0.25) is 0 Å². The fourth-order valence-corrected chi connectivity index (χ4v) is 7.60. The zero-order valence-electron chi connectivity index (χ0n) is 26.7. The third kappa shape index (κ3) is 5.87. The molecule has 4 heterocycles. The van der Waals surface area contributed by atoms with Gasteiger partial charge in [-0.05, 0) is 58.7 Å². The average Bonchev–Trinajstić information content (AvgIpc) is 2.94. The number of quaternary nitrogens is 1. The molecular formula is C36H49BrN2O3. The van der Waals surface area contributed by atoms with Crippen LogP contribution in [0.4, 0.5) is 0 Å². The Morgan fingerprint density at radius 2 is 1.69 bits per heavy atom. The highest BCUT2D eigenvalue weighted by molar-refractivity contribution is 5.84. The quantitative estimate of drug-likeness (QED) is 0.307. The molecule has 1 aromatic heterocycles. The number of pyridine rings is 1. The number of benzene rings is 2. The number of aliphatic hydroxyl groups is 1. The van der Waals surface area contributed by atoms with Gasteiger partial charge in [-0.25, -0.2) is 0 Å². The molecule has 3 saturated heterocycles. The van der Waals surface area contributed by atoms with Gasteiger partial charge in [-0.3, -0.25) is 4.98 Å². The van der Waals surface area contributed by atoms with Crippen LogP contribution in [0, 0.1) is 11.8 Å². The van der Waals surface area contributed by atoms with Crippen LogP contribution in [0.5, 0.6) is 11.5 Å². The fraction of sp³-hybridized carbons (Fsp3) is 0.528. The minimum absolute atomic E-state index is 0. The molecule has 3 aliphatic rings. The van der Waals surface area contributed by atoms with Crippen LogP contribution in [-0.4, -0.2) is 47.9 Å². The summed E-state index contributed by atoms with van der Waals surface area (Å²) in [6.07, 6.45) is 5.54. The zero-order valence-corrected chi connectivity index (χ0v) is 28.3. The van der Waals surface area contributed by atoms with Gasteiger partial charge in [0, 0.05) is 47.0 Å². The molecular weight excluding hydrogens is 588 g/mol. The van der Waals surface area contributed by atoms with Crippen molar-refractivity contribution >= 4 is 10.9 Å². The maximum Gasteiger partial charge on any atom is 0.131 e. The minimum atomic E-state index is -0.608. The number of piperidine rings is 3. The van der Waals surface area contributed by atoms with Crippen molar-refractivity contribution in [2.75, 3.05) is 27.3 Å². The lowest BCUT2D eigenvalue weighted by molar-refractivity contribution is -0.984. The number of nitrogens with zero attached hydrogens (tertiary/aromatic N) is 2. The van der Waals surface area contributed by atoms with E-state index in [1.165, 1.54) is 23.1 Å². The first-order valence-electron chi connectivity index (χ1n) is 15.1. The van der Waals surface area contributed by atoms with E-state index in [0.29, 0.717) is 11.8 Å². The van der Waals surface area contributed by atoms with Crippen LogP contribution >= 0.6 is 0 Å². The van der Waals surface area contributed by atoms with Crippen molar-refractivity contribution in [1.82, 2.24) is 4.98 Å². The van der Waals surface area contributed by atoms with E-state index in [4.69, 9.17) is 9.47 Å². The Bertz CT molecular complexity index is 1400. The van der Waals surface area contributed by atoms with Crippen molar-refractivity contribution in [3.63, 3.8) is 0 Å². The molecule has 0 aliphatic carbocycles. The van der Waals surface area contributed by atoms with Crippen LogP contribution < -0.4 is 26.5 Å². The lowest BCUT2D eigenvalue weighted by Gasteiger charge is -2.58. The summed E-state index contributed by atoms with van der Waals surface area (Å²) in [4.78, 5) is 4.59. The van der Waals surface area contributed by atoms with Gasteiger partial charge in [0.25, 0.3) is 0 Å². The van der Waals surface area contributed by atoms with Crippen molar-refractivity contribution in [2.45, 2.75) is 83.9 Å². The van der Waals surface area contributed by atoms with Gasteiger partial charge < -0.3 is 36.0 Å². The Morgan fingerprint density at radius 3 is 2.26 bits per heavy atom. The van der Waals surface area contributed by atoms with Crippen molar-refractivity contribution in [2.24, 2.45) is 11.8 Å². The maximum absolute atomic E-state index is 12.3. The molecule has 3 fully saturated rings. The van der Waals surface area contributed by atoms with Gasteiger partial charge in [-0.2, -0.15) is 0 Å². The number of hydrogen-bond acceptors (Lipinski definition) is 4. The molecule has 0 unspecified atom stereocenters. The predicted octanol–water partition coefficient (Wildman–Crippen LogP) is 4.50. The maximum atomic E-state index is 12.3. The molecule has 3 aliphatic heterocycles. The first-order chi connectivity index (χ1) is 19.3. The number of aliphatic hydroxyl groups excluding tert-OH is 1. The highest BCUT2D eigenvalue weighted by Gasteiger charge is 2.54. The first-order valence-corrected chi connectivity index (χ1v) is 15.1. The van der Waals surface area contributed by atoms with E-state index in [1.54, 1.807) is 14.2 Å². The third-order valence-electron chi connectivity index (χ3n) is 9.81. The second-order valence-electron chi connectivity index (χ2n) is 14.5. The summed E-state index contributed by atoms with van der Waals surface area (Å²) in [5.41, 5.74) is 5.52. The molecule has 2 aromatic carbocycles. The molecule has 6 heteroatoms. The Labute approximate surface area is 263 Å². The zero-order chi connectivity index (χ0) is 29.7. The molecule has 0 amide bonds. The predicted molar refractivity (Wildman–Crippen MR) is 168 cm³/mol. The summed E-state index contributed by atoms with van der Waals surface area (Å²) >= 11 is 0. The van der Waals surface area contributed by atoms with E-state index in [9.17, 15) is 5.11 Å². The van der Waals surface area contributed by atoms with E-state index in [1.807, 2.05) is 30.5 Å². The van der Waals surface area contributed by atoms with E-state index in [2.05, 4.69) is 71.3 Å². The summed E-state index contributed by atoms with van der Waals surface area (Å²) in [6.45, 7) is 20.8. The lowest BCUT2D eigenvalue weighted by Crippen LogP contribution is -3.00. The molecule has 5 nitrogen and oxygen atoms in total. The smallest absolute Gasteiger partial charge is 0.131 e. The molecule has 0 saturated carbocycles. The number of aromatic nitrogens is 1. The number of halogens is 1. The highest BCUT2D eigenvalue weighted by Crippen LogP contribution is 2.49. The summed E-state index contributed by atoms with van der Waals surface area (Å²) in [7, 11) is 3.48. The number of hydrogen-bond donors (Lipinski definition) is 1. The minimum Gasteiger partial charge on any atom is -1.00 e. The molecule has 6 rings (SSSR count). The Hall–Kier alpha value is -2.41. The first kappa shape index (κ1) is 32.5. The summed E-state index contributed by atoms with van der Waals surface area (Å²) < 4.78 is 12.5. The van der Waals surface area contributed by atoms with Gasteiger partial charge in [0.15, 0.2) is 0 Å². The van der Waals surface area contributed by atoms with Crippen LogP contribution in [0.1, 0.15) is 82.7 Å². The van der Waals surface area contributed by atoms with Gasteiger partial charge in [-0.15, -0.1) is 6.58 Å². The topological polar surface area (TPSA) is 51.6 Å². The van der Waals surface area contributed by atoms with Gasteiger partial charge in [0.1, 0.15) is 30.2 Å². The van der Waals surface area contributed by atoms with E-state index in [-0.39, 0.29) is 33.9 Å².